The molecule has 0 aromatic heterocycles. The van der Waals surface area contributed by atoms with Crippen LogP contribution in [0.3, 0.4) is 0 Å². The summed E-state index contributed by atoms with van der Waals surface area (Å²) < 4.78 is 28.4. The van der Waals surface area contributed by atoms with Gasteiger partial charge in [-0.1, -0.05) is 12.2 Å². The molecule has 2 fully saturated rings. The Morgan fingerprint density at radius 2 is 1.57 bits per heavy atom. The Labute approximate surface area is 128 Å². The summed E-state index contributed by atoms with van der Waals surface area (Å²) in [7, 11) is -3.19. The van der Waals surface area contributed by atoms with E-state index < -0.39 is 10.2 Å². The van der Waals surface area contributed by atoms with Crippen LogP contribution in [-0.4, -0.2) is 67.7 Å². The lowest BCUT2D eigenvalue weighted by Crippen LogP contribution is -2.53. The van der Waals surface area contributed by atoms with Gasteiger partial charge in [0.2, 0.25) is 0 Å². The maximum Gasteiger partial charge on any atom is 0.282 e. The molecule has 2 heterocycles. The van der Waals surface area contributed by atoms with Gasteiger partial charge in [-0.05, 0) is 38.0 Å². The molecule has 120 valence electrons. The van der Waals surface area contributed by atoms with Crippen LogP contribution in [0.15, 0.2) is 12.2 Å². The van der Waals surface area contributed by atoms with E-state index in [1.54, 1.807) is 8.61 Å². The van der Waals surface area contributed by atoms with Crippen molar-refractivity contribution in [2.75, 3.05) is 45.8 Å². The number of piperazine rings is 1. The van der Waals surface area contributed by atoms with Crippen LogP contribution in [0.4, 0.5) is 0 Å². The summed E-state index contributed by atoms with van der Waals surface area (Å²) in [6, 6.07) is 0. The topological polar surface area (TPSA) is 43.9 Å². The molecule has 0 aromatic carbocycles. The fraction of sp³-hybridized carbons (Fsp3) is 0.867. The molecule has 0 bridgehead atoms. The van der Waals surface area contributed by atoms with Gasteiger partial charge in [0.25, 0.3) is 10.2 Å². The summed E-state index contributed by atoms with van der Waals surface area (Å²) in [5, 5.41) is 0. The van der Waals surface area contributed by atoms with Crippen molar-refractivity contribution < 1.29 is 8.42 Å². The number of allylic oxidation sites excluding steroid dienone is 2. The maximum absolute atomic E-state index is 12.5. The molecule has 1 atom stereocenters. The van der Waals surface area contributed by atoms with Gasteiger partial charge >= 0.3 is 0 Å². The van der Waals surface area contributed by atoms with Crippen molar-refractivity contribution in [3.63, 3.8) is 0 Å². The normalized spacial score (nSPS) is 30.0. The quantitative estimate of drug-likeness (QED) is 0.735. The predicted octanol–water partition coefficient (Wildman–Crippen LogP) is 1.30. The largest absolute Gasteiger partial charge is 0.300 e. The first-order chi connectivity index (χ1) is 10.2. The molecular formula is C15H27N3O2S. The third-order valence-electron chi connectivity index (χ3n) is 4.94. The third-order valence-corrected chi connectivity index (χ3v) is 6.98. The van der Waals surface area contributed by atoms with Crippen molar-refractivity contribution in [1.82, 2.24) is 13.5 Å². The van der Waals surface area contributed by atoms with Crippen LogP contribution >= 0.6 is 0 Å². The summed E-state index contributed by atoms with van der Waals surface area (Å²) >= 11 is 0. The van der Waals surface area contributed by atoms with Gasteiger partial charge in [0.1, 0.15) is 0 Å². The average molecular weight is 313 g/mol. The summed E-state index contributed by atoms with van der Waals surface area (Å²) in [5.74, 6) is 0.761. The van der Waals surface area contributed by atoms with E-state index in [0.29, 0.717) is 26.2 Å². The molecule has 0 amide bonds. The molecule has 0 spiro atoms. The molecule has 0 aromatic rings. The Hall–Kier alpha value is -0.430. The highest BCUT2D eigenvalue weighted by atomic mass is 32.2. The van der Waals surface area contributed by atoms with Gasteiger partial charge in [0.15, 0.2) is 0 Å². The van der Waals surface area contributed by atoms with Crippen LogP contribution in [0.1, 0.15) is 32.1 Å². The highest BCUT2D eigenvalue weighted by Crippen LogP contribution is 2.21. The maximum atomic E-state index is 12.5. The van der Waals surface area contributed by atoms with E-state index in [2.05, 4.69) is 17.1 Å². The predicted molar refractivity (Wildman–Crippen MR) is 84.2 cm³/mol. The minimum atomic E-state index is -3.19. The second kappa shape index (κ2) is 6.77. The first-order valence-corrected chi connectivity index (χ1v) is 9.68. The monoisotopic (exact) mass is 313 g/mol. The number of rotatable bonds is 4. The first-order valence-electron chi connectivity index (χ1n) is 8.29. The van der Waals surface area contributed by atoms with E-state index >= 15 is 0 Å². The van der Waals surface area contributed by atoms with Crippen LogP contribution < -0.4 is 0 Å². The zero-order chi connectivity index (χ0) is 14.7. The van der Waals surface area contributed by atoms with Gasteiger partial charge in [-0.2, -0.15) is 17.0 Å². The summed E-state index contributed by atoms with van der Waals surface area (Å²) in [5.41, 5.74) is 0. The third kappa shape index (κ3) is 3.67. The number of hydrogen-bond donors (Lipinski definition) is 0. The van der Waals surface area contributed by atoms with Crippen molar-refractivity contribution in [3.8, 4) is 0 Å². The van der Waals surface area contributed by atoms with E-state index in [0.717, 1.165) is 38.4 Å². The van der Waals surface area contributed by atoms with E-state index in [9.17, 15) is 8.42 Å². The van der Waals surface area contributed by atoms with Crippen LogP contribution in [-0.2, 0) is 10.2 Å². The molecule has 21 heavy (non-hydrogen) atoms. The molecule has 1 unspecified atom stereocenters. The molecule has 3 rings (SSSR count). The Bertz CT molecular complexity index is 463. The van der Waals surface area contributed by atoms with E-state index in [-0.39, 0.29) is 0 Å². The minimum Gasteiger partial charge on any atom is -0.300 e. The smallest absolute Gasteiger partial charge is 0.282 e. The molecule has 0 saturated carbocycles. The molecule has 3 aliphatic rings. The summed E-state index contributed by atoms with van der Waals surface area (Å²) in [4.78, 5) is 2.44. The Kier molecular flexibility index (Phi) is 4.99. The van der Waals surface area contributed by atoms with E-state index in [4.69, 9.17) is 0 Å². The molecule has 2 aliphatic heterocycles. The summed E-state index contributed by atoms with van der Waals surface area (Å²) in [6.07, 6.45) is 10.3. The Morgan fingerprint density at radius 1 is 0.905 bits per heavy atom. The van der Waals surface area contributed by atoms with Crippen LogP contribution in [0.25, 0.3) is 0 Å². The number of hydrogen-bond acceptors (Lipinski definition) is 3. The lowest BCUT2D eigenvalue weighted by atomic mass is 9.94. The second-order valence-electron chi connectivity index (χ2n) is 6.46. The molecule has 1 aliphatic carbocycles. The van der Waals surface area contributed by atoms with Crippen molar-refractivity contribution in [3.05, 3.63) is 12.2 Å². The van der Waals surface area contributed by atoms with Gasteiger partial charge in [-0.15, -0.1) is 0 Å². The van der Waals surface area contributed by atoms with Crippen molar-refractivity contribution in [2.24, 2.45) is 5.92 Å². The van der Waals surface area contributed by atoms with Gasteiger partial charge in [0.05, 0.1) is 0 Å². The van der Waals surface area contributed by atoms with E-state index in [1.165, 1.54) is 19.3 Å². The van der Waals surface area contributed by atoms with Crippen molar-refractivity contribution in [2.45, 2.75) is 32.1 Å². The van der Waals surface area contributed by atoms with Gasteiger partial charge in [0, 0.05) is 45.8 Å². The standard InChI is InChI=1S/C15H27N3O2S/c19-21(20,17-8-4-5-9-17)18-12-10-16(11-13-18)14-15-6-2-1-3-7-15/h1-2,15H,3-14H2. The zero-order valence-corrected chi connectivity index (χ0v) is 13.6. The summed E-state index contributed by atoms with van der Waals surface area (Å²) in [6.45, 7) is 5.61. The lowest BCUT2D eigenvalue weighted by Gasteiger charge is -2.37. The van der Waals surface area contributed by atoms with Crippen LogP contribution in [0.5, 0.6) is 0 Å². The minimum absolute atomic E-state index is 0.654. The zero-order valence-electron chi connectivity index (χ0n) is 12.8. The highest BCUT2D eigenvalue weighted by molar-refractivity contribution is 7.86. The Balaban J connectivity index is 1.49. The van der Waals surface area contributed by atoms with Crippen LogP contribution in [0.2, 0.25) is 0 Å². The molecule has 0 N–H and O–H groups in total. The fourth-order valence-electron chi connectivity index (χ4n) is 3.61. The van der Waals surface area contributed by atoms with Gasteiger partial charge in [-0.3, -0.25) is 0 Å². The van der Waals surface area contributed by atoms with Crippen molar-refractivity contribution in [1.29, 1.82) is 0 Å². The lowest BCUT2D eigenvalue weighted by molar-refractivity contribution is 0.157. The van der Waals surface area contributed by atoms with Crippen molar-refractivity contribution >= 4 is 10.2 Å². The molecule has 2 saturated heterocycles. The van der Waals surface area contributed by atoms with E-state index in [1.807, 2.05) is 0 Å². The Morgan fingerprint density at radius 3 is 2.19 bits per heavy atom. The second-order valence-corrected chi connectivity index (χ2v) is 8.39. The average Bonchev–Trinajstić information content (AvgIpc) is 3.04. The van der Waals surface area contributed by atoms with Gasteiger partial charge in [-0.25, -0.2) is 0 Å². The highest BCUT2D eigenvalue weighted by Gasteiger charge is 2.33. The SMILES string of the molecule is O=S(=O)(N1CCCC1)N1CCN(CC2CC=CCC2)CC1. The van der Waals surface area contributed by atoms with Crippen LogP contribution in [0, 0.1) is 5.92 Å². The molecule has 0 radical (unpaired) electrons. The first kappa shape index (κ1) is 15.5. The molecular weight excluding hydrogens is 286 g/mol. The molecule has 6 heteroatoms. The fourth-order valence-corrected chi connectivity index (χ4v) is 5.28. The number of nitrogens with zero attached hydrogens (tertiary/aromatic N) is 3. The van der Waals surface area contributed by atoms with Gasteiger partial charge < -0.3 is 4.90 Å². The molecule has 5 nitrogen and oxygen atoms in total.